The number of fused-ring (bicyclic) bond motifs is 1. The van der Waals surface area contributed by atoms with Crippen LogP contribution in [0.1, 0.15) is 12.0 Å². The molecule has 2 atom stereocenters. The SMILES string of the molecule is COCCN1CC[C@@H]2CN(Cc3cccnc3OC)C[C@@H]2C1.O=C(O)C(F)(F)F.O=C(O)C(F)(F)F. The van der Waals surface area contributed by atoms with Crippen LogP contribution in [-0.4, -0.2) is 103 Å². The molecule has 0 amide bonds. The topological polar surface area (TPSA) is 112 Å². The van der Waals surface area contributed by atoms with E-state index in [1.165, 1.54) is 38.2 Å². The zero-order chi connectivity index (χ0) is 27.5. The third-order valence-corrected chi connectivity index (χ3v) is 5.49. The van der Waals surface area contributed by atoms with Gasteiger partial charge in [-0.1, -0.05) is 6.07 Å². The number of rotatable bonds is 6. The molecule has 2 saturated heterocycles. The third kappa shape index (κ3) is 11.0. The summed E-state index contributed by atoms with van der Waals surface area (Å²) >= 11 is 0. The van der Waals surface area contributed by atoms with E-state index in [1.54, 1.807) is 20.4 Å². The minimum Gasteiger partial charge on any atom is -0.481 e. The minimum absolute atomic E-state index is 0.763. The number of aromatic nitrogens is 1. The fourth-order valence-corrected chi connectivity index (χ4v) is 3.86. The van der Waals surface area contributed by atoms with Crippen LogP contribution in [0.25, 0.3) is 0 Å². The van der Waals surface area contributed by atoms with Crippen LogP contribution in [-0.2, 0) is 20.9 Å². The number of carboxylic acid groups (broad SMARTS) is 2. The molecule has 206 valence electrons. The Bertz CT molecular complexity index is 815. The zero-order valence-corrected chi connectivity index (χ0v) is 19.7. The number of aliphatic carboxylic acids is 2. The molecule has 15 heteroatoms. The van der Waals surface area contributed by atoms with Crippen LogP contribution >= 0.6 is 0 Å². The van der Waals surface area contributed by atoms with Crippen LogP contribution in [0.15, 0.2) is 18.3 Å². The van der Waals surface area contributed by atoms with E-state index >= 15 is 0 Å². The molecular formula is C21H29F6N3O6. The molecule has 2 aliphatic rings. The third-order valence-electron chi connectivity index (χ3n) is 5.49. The normalized spacial score (nSPS) is 20.3. The molecule has 0 aliphatic carbocycles. The van der Waals surface area contributed by atoms with E-state index in [0.717, 1.165) is 37.4 Å². The molecule has 0 unspecified atom stereocenters. The Hall–Kier alpha value is -2.65. The molecule has 0 radical (unpaired) electrons. The van der Waals surface area contributed by atoms with E-state index in [-0.39, 0.29) is 0 Å². The summed E-state index contributed by atoms with van der Waals surface area (Å²) in [6, 6.07) is 4.12. The van der Waals surface area contributed by atoms with Gasteiger partial charge in [-0.15, -0.1) is 0 Å². The van der Waals surface area contributed by atoms with Crippen molar-refractivity contribution in [2.45, 2.75) is 25.3 Å². The van der Waals surface area contributed by atoms with Gasteiger partial charge in [-0.2, -0.15) is 26.3 Å². The van der Waals surface area contributed by atoms with Gasteiger partial charge >= 0.3 is 24.3 Å². The average Bonchev–Trinajstić information content (AvgIpc) is 3.19. The second kappa shape index (κ2) is 14.2. The number of carbonyl (C=O) groups is 2. The van der Waals surface area contributed by atoms with Crippen molar-refractivity contribution in [3.05, 3.63) is 23.9 Å². The first kappa shape index (κ1) is 31.4. The Morgan fingerprint density at radius 1 is 1.00 bits per heavy atom. The second-order valence-electron chi connectivity index (χ2n) is 8.07. The summed E-state index contributed by atoms with van der Waals surface area (Å²) in [5.74, 6) is -3.10. The number of hydrogen-bond donors (Lipinski definition) is 2. The molecule has 0 saturated carbocycles. The molecule has 36 heavy (non-hydrogen) atoms. The monoisotopic (exact) mass is 533 g/mol. The van der Waals surface area contributed by atoms with Gasteiger partial charge in [0.25, 0.3) is 0 Å². The predicted octanol–water partition coefficient (Wildman–Crippen LogP) is 2.76. The number of ether oxygens (including phenoxy) is 2. The van der Waals surface area contributed by atoms with Crippen molar-refractivity contribution >= 4 is 11.9 Å². The van der Waals surface area contributed by atoms with Gasteiger partial charge in [0.15, 0.2) is 0 Å². The maximum absolute atomic E-state index is 10.6. The molecule has 2 aliphatic heterocycles. The number of methoxy groups -OCH3 is 2. The van der Waals surface area contributed by atoms with Crippen LogP contribution in [0, 0.1) is 11.8 Å². The molecule has 2 fully saturated rings. The standard InChI is InChI=1S/C17H27N3O2.2C2HF3O2/c1-21-9-8-19-7-5-14-10-20(13-16(14)12-19)11-15-4-3-6-18-17(15)22-2;2*3-2(4,5)1(6)7/h3-4,6,14,16H,5,7-13H2,1-2H3;2*(H,6,7)/t14-,16+;;/m1../s1. The van der Waals surface area contributed by atoms with Crippen LogP contribution in [0.5, 0.6) is 5.88 Å². The van der Waals surface area contributed by atoms with Crippen molar-refractivity contribution in [2.24, 2.45) is 11.8 Å². The van der Waals surface area contributed by atoms with Crippen molar-refractivity contribution in [3.8, 4) is 5.88 Å². The fraction of sp³-hybridized carbons (Fsp3) is 0.667. The number of pyridine rings is 1. The van der Waals surface area contributed by atoms with Crippen molar-refractivity contribution in [3.63, 3.8) is 0 Å². The van der Waals surface area contributed by atoms with E-state index < -0.39 is 24.3 Å². The number of carboxylic acids is 2. The highest BCUT2D eigenvalue weighted by Gasteiger charge is 2.39. The van der Waals surface area contributed by atoms with E-state index in [2.05, 4.69) is 20.9 Å². The van der Waals surface area contributed by atoms with Gasteiger partial charge in [0.2, 0.25) is 5.88 Å². The Morgan fingerprint density at radius 3 is 2.03 bits per heavy atom. The highest BCUT2D eigenvalue weighted by Crippen LogP contribution is 2.32. The van der Waals surface area contributed by atoms with E-state index in [4.69, 9.17) is 29.3 Å². The molecule has 9 nitrogen and oxygen atoms in total. The summed E-state index contributed by atoms with van der Waals surface area (Å²) in [6.07, 6.45) is -7.06. The van der Waals surface area contributed by atoms with Crippen molar-refractivity contribution < 1.29 is 55.6 Å². The number of hydrogen-bond acceptors (Lipinski definition) is 7. The van der Waals surface area contributed by atoms with Gasteiger partial charge in [-0.3, -0.25) is 4.90 Å². The van der Waals surface area contributed by atoms with Crippen LogP contribution in [0.2, 0.25) is 0 Å². The van der Waals surface area contributed by atoms with Gasteiger partial charge in [0.05, 0.1) is 13.7 Å². The highest BCUT2D eigenvalue weighted by atomic mass is 19.4. The zero-order valence-electron chi connectivity index (χ0n) is 19.7. The summed E-state index contributed by atoms with van der Waals surface area (Å²) in [5.41, 5.74) is 1.19. The Morgan fingerprint density at radius 2 is 1.53 bits per heavy atom. The average molecular weight is 533 g/mol. The lowest BCUT2D eigenvalue weighted by Gasteiger charge is -2.34. The van der Waals surface area contributed by atoms with Gasteiger partial charge < -0.3 is 24.6 Å². The number of likely N-dealkylation sites (tertiary alicyclic amines) is 2. The maximum Gasteiger partial charge on any atom is 0.490 e. The quantitative estimate of drug-likeness (QED) is 0.533. The summed E-state index contributed by atoms with van der Waals surface area (Å²) < 4.78 is 74.1. The summed E-state index contributed by atoms with van der Waals surface area (Å²) in [5, 5.41) is 14.2. The fourth-order valence-electron chi connectivity index (χ4n) is 3.86. The van der Waals surface area contributed by atoms with E-state index in [1.807, 2.05) is 6.07 Å². The Labute approximate surface area is 203 Å². The maximum atomic E-state index is 10.6. The summed E-state index contributed by atoms with van der Waals surface area (Å²) in [6.45, 7) is 7.68. The molecule has 1 aromatic rings. The van der Waals surface area contributed by atoms with E-state index in [0.29, 0.717) is 0 Å². The molecule has 0 aromatic carbocycles. The second-order valence-corrected chi connectivity index (χ2v) is 8.07. The molecule has 0 bridgehead atoms. The Balaban J connectivity index is 0.000000383. The van der Waals surface area contributed by atoms with Gasteiger partial charge in [0.1, 0.15) is 0 Å². The van der Waals surface area contributed by atoms with Crippen molar-refractivity contribution in [2.75, 3.05) is 53.6 Å². The number of alkyl halides is 6. The number of halogens is 6. The van der Waals surface area contributed by atoms with Crippen LogP contribution in [0.3, 0.4) is 0 Å². The number of nitrogens with zero attached hydrogens (tertiary/aromatic N) is 3. The van der Waals surface area contributed by atoms with Gasteiger partial charge in [-0.25, -0.2) is 14.6 Å². The van der Waals surface area contributed by atoms with Crippen molar-refractivity contribution in [1.82, 2.24) is 14.8 Å². The predicted molar refractivity (Wildman–Crippen MR) is 113 cm³/mol. The lowest BCUT2D eigenvalue weighted by atomic mass is 9.89. The largest absolute Gasteiger partial charge is 0.490 e. The number of piperidine rings is 1. The molecule has 3 heterocycles. The van der Waals surface area contributed by atoms with Gasteiger partial charge in [-0.05, 0) is 30.9 Å². The summed E-state index contributed by atoms with van der Waals surface area (Å²) in [4.78, 5) is 27.2. The van der Waals surface area contributed by atoms with Gasteiger partial charge in [0, 0.05) is 51.6 Å². The molecular weight excluding hydrogens is 504 g/mol. The first-order chi connectivity index (χ1) is 16.7. The lowest BCUT2D eigenvalue weighted by Crippen LogP contribution is -2.41. The lowest BCUT2D eigenvalue weighted by molar-refractivity contribution is -0.193. The Kier molecular flexibility index (Phi) is 12.4. The first-order valence-corrected chi connectivity index (χ1v) is 10.7. The minimum atomic E-state index is -5.08. The van der Waals surface area contributed by atoms with Crippen LogP contribution in [0.4, 0.5) is 26.3 Å². The van der Waals surface area contributed by atoms with Crippen LogP contribution < -0.4 is 4.74 Å². The smallest absolute Gasteiger partial charge is 0.481 e. The molecule has 2 N–H and O–H groups in total. The summed E-state index contributed by atoms with van der Waals surface area (Å²) in [7, 11) is 3.48. The van der Waals surface area contributed by atoms with Crippen molar-refractivity contribution in [1.29, 1.82) is 0 Å². The molecule has 0 spiro atoms. The molecule has 3 rings (SSSR count). The first-order valence-electron chi connectivity index (χ1n) is 10.7. The van der Waals surface area contributed by atoms with E-state index in [9.17, 15) is 26.3 Å². The molecule has 1 aromatic heterocycles. The highest BCUT2D eigenvalue weighted by molar-refractivity contribution is 5.73.